The highest BCUT2D eigenvalue weighted by molar-refractivity contribution is 6.21. The van der Waals surface area contributed by atoms with Crippen molar-refractivity contribution in [1.29, 1.82) is 0 Å². The van der Waals surface area contributed by atoms with Crippen molar-refractivity contribution in [3.8, 4) is 73.0 Å². The summed E-state index contributed by atoms with van der Waals surface area (Å²) >= 11 is 0. The van der Waals surface area contributed by atoms with Crippen molar-refractivity contribution >= 4 is 39.3 Å². The van der Waals surface area contributed by atoms with Crippen molar-refractivity contribution in [2.75, 3.05) is 24.3 Å². The van der Waals surface area contributed by atoms with E-state index in [0.29, 0.717) is 28.9 Å². The molecule has 0 fully saturated rings. The van der Waals surface area contributed by atoms with Gasteiger partial charge in [-0.3, -0.25) is 4.79 Å². The van der Waals surface area contributed by atoms with E-state index in [1.54, 1.807) is 56.6 Å². The second-order valence-corrected chi connectivity index (χ2v) is 12.8. The highest BCUT2D eigenvalue weighted by Gasteiger charge is 2.18. The SMILES string of the molecule is [2H]c1c([2H])c([2H])c(-c2c3c([2H])c([2H])c([2H])c([2H])c3c(-c3c([2H])c([2H])c(-c4cc(-c5ccc(-c6ccc(NC)c(N(C)C=O)c6)cc5)nc(-c5ccccc5)n4)c([2H])c3[2H])c3c([2H])c([2H])c(O)c([2H])c23)c([2H])c1[2H]. The van der Waals surface area contributed by atoms with Gasteiger partial charge in [-0.1, -0.05) is 145 Å². The number of benzene rings is 8. The lowest BCUT2D eigenvalue weighted by Crippen LogP contribution is -2.15. The smallest absolute Gasteiger partial charge is 0.213 e. The average Bonchev–Trinajstić information content (AvgIpc) is 3.40. The molecule has 6 nitrogen and oxygen atoms in total. The Morgan fingerprint density at radius 2 is 1.16 bits per heavy atom. The van der Waals surface area contributed by atoms with Gasteiger partial charge in [0.2, 0.25) is 6.41 Å². The monoisotopic (exact) mass is 754 g/mol. The van der Waals surface area contributed by atoms with Crippen LogP contribution in [0.5, 0.6) is 5.75 Å². The maximum atomic E-state index is 11.7. The quantitative estimate of drug-likeness (QED) is 0.113. The van der Waals surface area contributed by atoms with Gasteiger partial charge in [-0.2, -0.15) is 0 Å². The standard InChI is InChI=1S/C51H38N4O2/c1-52-45-28-25-39(29-48(45)55(2)32-56)33-17-19-34(20-18-33)46-31-47(54-51(53-46)38-13-7-4-8-14-38)35-21-23-37(24-22-35)49-41-15-9-10-16-42(41)50(36-11-5-3-6-12-36)44-30-40(57)26-27-43(44)49/h3-32,52,57H,1-2H3/i3D,5D,6D,9D,10D,11D,12D,15D,16D,21D,22D,23D,24D,26D,27D,30D. The molecule has 2 N–H and O–H groups in total. The zero-order chi connectivity index (χ0) is 52.8. The highest BCUT2D eigenvalue weighted by atomic mass is 16.3. The number of phenolic OH excluding ortho intramolecular Hbond substituents is 1. The maximum Gasteiger partial charge on any atom is 0.213 e. The van der Waals surface area contributed by atoms with Gasteiger partial charge < -0.3 is 15.3 Å². The number of rotatable bonds is 9. The van der Waals surface area contributed by atoms with E-state index in [2.05, 4.69) is 5.32 Å². The fraction of sp³-hybridized carbons (Fsp3) is 0.0392. The summed E-state index contributed by atoms with van der Waals surface area (Å²) < 4.78 is 145. The molecule has 1 amide bonds. The van der Waals surface area contributed by atoms with Gasteiger partial charge in [0.05, 0.1) is 44.7 Å². The summed E-state index contributed by atoms with van der Waals surface area (Å²) in [5.41, 5.74) is 1.60. The first-order valence-electron chi connectivity index (χ1n) is 25.6. The Morgan fingerprint density at radius 1 is 0.579 bits per heavy atom. The van der Waals surface area contributed by atoms with Crippen LogP contribution in [0.15, 0.2) is 176 Å². The summed E-state index contributed by atoms with van der Waals surface area (Å²) in [6.07, 6.45) is 0.703. The second-order valence-electron chi connectivity index (χ2n) is 12.8. The van der Waals surface area contributed by atoms with Gasteiger partial charge >= 0.3 is 0 Å². The molecule has 57 heavy (non-hydrogen) atoms. The maximum absolute atomic E-state index is 11.7. The normalized spacial score (nSPS) is 15.1. The Labute approximate surface area is 353 Å². The number of carbonyl (C=O) groups excluding carboxylic acids is 1. The van der Waals surface area contributed by atoms with Gasteiger partial charge in [0.25, 0.3) is 0 Å². The van der Waals surface area contributed by atoms with Crippen LogP contribution in [0.4, 0.5) is 11.4 Å². The Kier molecular flexibility index (Phi) is 5.63. The van der Waals surface area contributed by atoms with E-state index in [1.165, 1.54) is 11.0 Å². The minimum absolute atomic E-state index is 0.0539. The van der Waals surface area contributed by atoms with Gasteiger partial charge in [-0.15, -0.1) is 0 Å². The number of phenols is 1. The summed E-state index contributed by atoms with van der Waals surface area (Å²) in [5.74, 6) is -0.946. The van der Waals surface area contributed by atoms with Gasteiger partial charge in [0.1, 0.15) is 5.75 Å². The first kappa shape index (κ1) is 21.5. The lowest BCUT2D eigenvalue weighted by Gasteiger charge is -2.18. The van der Waals surface area contributed by atoms with Gasteiger partial charge in [0, 0.05) is 30.8 Å². The highest BCUT2D eigenvalue weighted by Crippen LogP contribution is 2.45. The van der Waals surface area contributed by atoms with Crippen molar-refractivity contribution in [3.63, 3.8) is 0 Å². The first-order chi connectivity index (χ1) is 34.7. The second kappa shape index (κ2) is 14.9. The molecule has 1 aromatic heterocycles. The third-order valence-corrected chi connectivity index (χ3v) is 9.45. The number of nitrogens with zero attached hydrogens (tertiary/aromatic N) is 3. The summed E-state index contributed by atoms with van der Waals surface area (Å²) in [6, 6.07) is 9.69. The van der Waals surface area contributed by atoms with E-state index in [1.807, 2.05) is 30.3 Å². The molecule has 0 atom stereocenters. The minimum Gasteiger partial charge on any atom is -0.508 e. The van der Waals surface area contributed by atoms with Crippen LogP contribution < -0.4 is 10.2 Å². The van der Waals surface area contributed by atoms with Crippen molar-refractivity contribution in [3.05, 3.63) is 176 Å². The van der Waals surface area contributed by atoms with Crippen molar-refractivity contribution < 1.29 is 31.8 Å². The van der Waals surface area contributed by atoms with Crippen LogP contribution in [-0.2, 0) is 4.79 Å². The largest absolute Gasteiger partial charge is 0.508 e. The lowest BCUT2D eigenvalue weighted by atomic mass is 9.85. The third kappa shape index (κ3) is 6.64. The number of fused-ring (bicyclic) bond motifs is 2. The molecule has 1 heterocycles. The molecule has 274 valence electrons. The molecule has 0 saturated carbocycles. The Hall–Kier alpha value is -7.57. The molecule has 0 aliphatic carbocycles. The molecular weight excluding hydrogens is 701 g/mol. The van der Waals surface area contributed by atoms with Crippen LogP contribution >= 0.6 is 0 Å². The van der Waals surface area contributed by atoms with Gasteiger partial charge in [0.15, 0.2) is 5.82 Å². The predicted molar refractivity (Wildman–Crippen MR) is 235 cm³/mol. The van der Waals surface area contributed by atoms with Crippen LogP contribution in [0, 0.1) is 0 Å². The first-order valence-corrected chi connectivity index (χ1v) is 17.6. The van der Waals surface area contributed by atoms with Crippen LogP contribution in [0.1, 0.15) is 21.9 Å². The number of anilines is 2. The van der Waals surface area contributed by atoms with Crippen LogP contribution in [0.3, 0.4) is 0 Å². The van der Waals surface area contributed by atoms with Crippen molar-refractivity contribution in [1.82, 2.24) is 9.97 Å². The van der Waals surface area contributed by atoms with Gasteiger partial charge in [-0.05, 0) is 85.2 Å². The molecule has 9 rings (SSSR count). The van der Waals surface area contributed by atoms with E-state index in [-0.39, 0.29) is 17.1 Å². The Balaban J connectivity index is 1.35. The number of amides is 1. The van der Waals surface area contributed by atoms with Gasteiger partial charge in [-0.25, -0.2) is 9.97 Å². The summed E-state index contributed by atoms with van der Waals surface area (Å²) in [4.78, 5) is 22.7. The molecule has 0 radical (unpaired) electrons. The number of aromatic hydroxyl groups is 1. The molecule has 0 saturated heterocycles. The van der Waals surface area contributed by atoms with E-state index < -0.39 is 146 Å². The summed E-state index contributed by atoms with van der Waals surface area (Å²) in [7, 11) is 3.39. The Morgan fingerprint density at radius 3 is 1.84 bits per heavy atom. The molecule has 0 aliphatic heterocycles. The third-order valence-electron chi connectivity index (χ3n) is 9.45. The van der Waals surface area contributed by atoms with E-state index in [9.17, 15) is 20.9 Å². The number of hydrogen-bond donors (Lipinski definition) is 2. The Bertz CT molecular complexity index is 3720. The van der Waals surface area contributed by atoms with Crippen molar-refractivity contribution in [2.24, 2.45) is 0 Å². The van der Waals surface area contributed by atoms with Crippen LogP contribution in [-0.4, -0.2) is 35.6 Å². The molecule has 0 aliphatic rings. The predicted octanol–water partition coefficient (Wildman–Crippen LogP) is 12.1. The van der Waals surface area contributed by atoms with Crippen LogP contribution in [0.25, 0.3) is 88.8 Å². The van der Waals surface area contributed by atoms with E-state index >= 15 is 0 Å². The zero-order valence-corrected chi connectivity index (χ0v) is 30.3. The van der Waals surface area contributed by atoms with Crippen molar-refractivity contribution in [2.45, 2.75) is 0 Å². The summed E-state index contributed by atoms with van der Waals surface area (Å²) in [5, 5.41) is 11.9. The molecule has 8 aromatic carbocycles. The molecule has 9 aromatic rings. The molecule has 6 heteroatoms. The zero-order valence-electron chi connectivity index (χ0n) is 46.3. The molecular formula is C51H38N4O2. The van der Waals surface area contributed by atoms with Crippen LogP contribution in [0.2, 0.25) is 0 Å². The minimum atomic E-state index is -1.10. The van der Waals surface area contributed by atoms with E-state index in [4.69, 9.17) is 20.9 Å². The number of hydrogen-bond acceptors (Lipinski definition) is 5. The molecule has 0 unspecified atom stereocenters. The number of carbonyl (C=O) groups is 1. The number of nitrogens with one attached hydrogen (secondary N) is 1. The lowest BCUT2D eigenvalue weighted by molar-refractivity contribution is -0.107. The fourth-order valence-electron chi connectivity index (χ4n) is 6.69. The fourth-order valence-corrected chi connectivity index (χ4v) is 6.69. The van der Waals surface area contributed by atoms with E-state index in [0.717, 1.165) is 16.8 Å². The average molecular weight is 755 g/mol. The molecule has 0 spiro atoms. The topological polar surface area (TPSA) is 78.4 Å². The summed E-state index contributed by atoms with van der Waals surface area (Å²) in [6.45, 7) is 0. The number of aromatic nitrogens is 2. The molecule has 0 bridgehead atoms.